The Balaban J connectivity index is 1.90. The lowest BCUT2D eigenvalue weighted by molar-refractivity contribution is 0.193. The molecule has 108 valence electrons. The fraction of sp³-hybridized carbons (Fsp3) is 0.375. The van der Waals surface area contributed by atoms with Crippen LogP contribution in [0, 0.1) is 13.8 Å². The molecule has 2 aromatic heterocycles. The fourth-order valence-corrected chi connectivity index (χ4v) is 3.14. The van der Waals surface area contributed by atoms with E-state index in [0.29, 0.717) is 5.92 Å². The summed E-state index contributed by atoms with van der Waals surface area (Å²) in [4.78, 5) is 12.2. The first kappa shape index (κ1) is 12.6. The van der Waals surface area contributed by atoms with Gasteiger partial charge in [-0.15, -0.1) is 0 Å². The van der Waals surface area contributed by atoms with E-state index in [9.17, 15) is 0 Å². The van der Waals surface area contributed by atoms with Crippen molar-refractivity contribution in [2.75, 3.05) is 13.2 Å². The summed E-state index contributed by atoms with van der Waals surface area (Å²) in [6.07, 6.45) is 6.71. The molecule has 1 atom stereocenters. The Kier molecular flexibility index (Phi) is 2.82. The molecule has 1 saturated heterocycles. The lowest BCUT2D eigenvalue weighted by Crippen LogP contribution is -2.09. The maximum absolute atomic E-state index is 5.51. The molecule has 0 radical (unpaired) electrons. The van der Waals surface area contributed by atoms with E-state index < -0.39 is 0 Å². The van der Waals surface area contributed by atoms with Gasteiger partial charge in [-0.3, -0.25) is 0 Å². The monoisotopic (exact) mass is 282 g/mol. The van der Waals surface area contributed by atoms with Crippen molar-refractivity contribution in [3.05, 3.63) is 41.7 Å². The summed E-state index contributed by atoms with van der Waals surface area (Å²) in [7, 11) is 0. The van der Waals surface area contributed by atoms with Gasteiger partial charge >= 0.3 is 0 Å². The smallest absolute Gasteiger partial charge is 0.118 e. The molecule has 5 nitrogen and oxygen atoms in total. The van der Waals surface area contributed by atoms with Gasteiger partial charge in [0, 0.05) is 24.9 Å². The van der Waals surface area contributed by atoms with Crippen molar-refractivity contribution in [3.63, 3.8) is 0 Å². The van der Waals surface area contributed by atoms with Gasteiger partial charge in [-0.2, -0.15) is 0 Å². The molecule has 0 aliphatic carbocycles. The van der Waals surface area contributed by atoms with Gasteiger partial charge in [0.05, 0.1) is 29.7 Å². The molecule has 3 aromatic rings. The first-order valence-electron chi connectivity index (χ1n) is 7.30. The van der Waals surface area contributed by atoms with Crippen molar-refractivity contribution < 1.29 is 4.74 Å². The van der Waals surface area contributed by atoms with Crippen molar-refractivity contribution >= 4 is 11.0 Å². The number of aromatic nitrogens is 4. The number of imidazole rings is 2. The van der Waals surface area contributed by atoms with Gasteiger partial charge in [-0.25, -0.2) is 9.97 Å². The Morgan fingerprint density at radius 3 is 3.00 bits per heavy atom. The Bertz CT molecular complexity index is 796. The average molecular weight is 282 g/mol. The molecule has 1 N–H and O–H groups in total. The Labute approximate surface area is 123 Å². The predicted octanol–water partition coefficient (Wildman–Crippen LogP) is 2.87. The number of rotatable bonds is 2. The number of nitrogens with one attached hydrogen (secondary N) is 1. The van der Waals surface area contributed by atoms with E-state index in [1.54, 1.807) is 6.33 Å². The van der Waals surface area contributed by atoms with E-state index in [-0.39, 0.29) is 0 Å². The largest absolute Gasteiger partial charge is 0.381 e. The molecule has 21 heavy (non-hydrogen) atoms. The molecule has 3 heterocycles. The molecule has 4 rings (SSSR count). The Hall–Kier alpha value is -2.14. The summed E-state index contributed by atoms with van der Waals surface area (Å²) in [6, 6.07) is 2.16. The summed E-state index contributed by atoms with van der Waals surface area (Å²) < 4.78 is 7.71. The average Bonchev–Trinajstić information content (AvgIpc) is 3.21. The number of nitrogens with zero attached hydrogens (tertiary/aromatic N) is 3. The molecule has 0 amide bonds. The van der Waals surface area contributed by atoms with Crippen molar-refractivity contribution in [2.24, 2.45) is 0 Å². The van der Waals surface area contributed by atoms with Crippen LogP contribution in [-0.4, -0.2) is 32.7 Å². The van der Waals surface area contributed by atoms with Crippen molar-refractivity contribution in [2.45, 2.75) is 26.2 Å². The van der Waals surface area contributed by atoms with Gasteiger partial charge in [0.15, 0.2) is 0 Å². The zero-order chi connectivity index (χ0) is 14.4. The molecule has 1 aliphatic rings. The molecule has 0 spiro atoms. The quantitative estimate of drug-likeness (QED) is 0.786. The van der Waals surface area contributed by atoms with E-state index in [4.69, 9.17) is 4.74 Å². The number of aryl methyl sites for hydroxylation is 1. The van der Waals surface area contributed by atoms with E-state index in [1.165, 1.54) is 16.8 Å². The number of ether oxygens (including phenoxy) is 1. The van der Waals surface area contributed by atoms with Gasteiger partial charge in [0.2, 0.25) is 0 Å². The van der Waals surface area contributed by atoms with Crippen molar-refractivity contribution in [1.29, 1.82) is 0 Å². The molecular formula is C16H18N4O. The van der Waals surface area contributed by atoms with E-state index in [0.717, 1.165) is 36.5 Å². The second-order valence-electron chi connectivity index (χ2n) is 5.66. The van der Waals surface area contributed by atoms with Crippen LogP contribution in [0.1, 0.15) is 29.3 Å². The van der Waals surface area contributed by atoms with Crippen molar-refractivity contribution in [3.8, 4) is 5.69 Å². The molecule has 5 heteroatoms. The Morgan fingerprint density at radius 2 is 2.19 bits per heavy atom. The second kappa shape index (κ2) is 4.70. The van der Waals surface area contributed by atoms with Crippen LogP contribution >= 0.6 is 0 Å². The third kappa shape index (κ3) is 1.88. The first-order valence-corrected chi connectivity index (χ1v) is 7.30. The molecule has 1 fully saturated rings. The van der Waals surface area contributed by atoms with Crippen molar-refractivity contribution in [1.82, 2.24) is 19.5 Å². The van der Waals surface area contributed by atoms with Crippen LogP contribution in [0.3, 0.4) is 0 Å². The number of hydrogen-bond acceptors (Lipinski definition) is 3. The normalized spacial score (nSPS) is 18.7. The van der Waals surface area contributed by atoms with E-state index in [2.05, 4.69) is 39.4 Å². The van der Waals surface area contributed by atoms with Gasteiger partial charge < -0.3 is 14.3 Å². The molecular weight excluding hydrogens is 264 g/mol. The maximum atomic E-state index is 5.51. The van der Waals surface area contributed by atoms with Crippen LogP contribution in [0.5, 0.6) is 0 Å². The van der Waals surface area contributed by atoms with E-state index in [1.807, 2.05) is 12.4 Å². The van der Waals surface area contributed by atoms with Crippen LogP contribution in [0.2, 0.25) is 0 Å². The maximum Gasteiger partial charge on any atom is 0.118 e. The van der Waals surface area contributed by atoms with Gasteiger partial charge in [-0.05, 0) is 37.5 Å². The van der Waals surface area contributed by atoms with Crippen LogP contribution in [0.25, 0.3) is 16.7 Å². The summed E-state index contributed by atoms with van der Waals surface area (Å²) in [6.45, 7) is 5.86. The minimum Gasteiger partial charge on any atom is -0.381 e. The first-order chi connectivity index (χ1) is 10.3. The molecule has 1 aliphatic heterocycles. The number of H-pyrrole nitrogens is 1. The molecule has 1 aromatic carbocycles. The van der Waals surface area contributed by atoms with Gasteiger partial charge in [0.1, 0.15) is 5.82 Å². The SMILES string of the molecule is Cc1c(-n2ccnc2C2CCOC2)cc2[nH]cnc2c1C. The summed E-state index contributed by atoms with van der Waals surface area (Å²) in [5, 5.41) is 0. The Morgan fingerprint density at radius 1 is 1.29 bits per heavy atom. The van der Waals surface area contributed by atoms with Crippen LogP contribution in [0.4, 0.5) is 0 Å². The molecule has 0 bridgehead atoms. The van der Waals surface area contributed by atoms with Crippen LogP contribution in [0.15, 0.2) is 24.8 Å². The lowest BCUT2D eigenvalue weighted by atomic mass is 10.0. The number of benzene rings is 1. The van der Waals surface area contributed by atoms with Crippen LogP contribution < -0.4 is 0 Å². The molecule has 0 saturated carbocycles. The minimum atomic E-state index is 0.386. The summed E-state index contributed by atoms with van der Waals surface area (Å²) in [5.74, 6) is 1.48. The predicted molar refractivity (Wildman–Crippen MR) is 80.9 cm³/mol. The third-order valence-corrected chi connectivity index (χ3v) is 4.48. The summed E-state index contributed by atoms with van der Waals surface area (Å²) in [5.41, 5.74) is 5.74. The zero-order valence-electron chi connectivity index (χ0n) is 12.3. The summed E-state index contributed by atoms with van der Waals surface area (Å²) >= 11 is 0. The van der Waals surface area contributed by atoms with Gasteiger partial charge in [-0.1, -0.05) is 0 Å². The number of hydrogen-bond donors (Lipinski definition) is 1. The highest BCUT2D eigenvalue weighted by molar-refractivity contribution is 5.82. The lowest BCUT2D eigenvalue weighted by Gasteiger charge is -2.15. The highest BCUT2D eigenvalue weighted by Crippen LogP contribution is 2.30. The number of aromatic amines is 1. The van der Waals surface area contributed by atoms with Crippen LogP contribution in [-0.2, 0) is 4.74 Å². The third-order valence-electron chi connectivity index (χ3n) is 4.48. The van der Waals surface area contributed by atoms with Gasteiger partial charge in [0.25, 0.3) is 0 Å². The minimum absolute atomic E-state index is 0.386. The second-order valence-corrected chi connectivity index (χ2v) is 5.66. The highest BCUT2D eigenvalue weighted by Gasteiger charge is 2.23. The zero-order valence-corrected chi connectivity index (χ0v) is 12.3. The standard InChI is InChI=1S/C16H18N4O/c1-10-11(2)15-13(18-9-19-15)7-14(10)20-5-4-17-16(20)12-3-6-21-8-12/h4-5,7,9,12H,3,6,8H2,1-2H3,(H,18,19). The topological polar surface area (TPSA) is 55.7 Å². The number of fused-ring (bicyclic) bond motifs is 1. The molecule has 1 unspecified atom stereocenters. The fourth-order valence-electron chi connectivity index (χ4n) is 3.14. The highest BCUT2D eigenvalue weighted by atomic mass is 16.5. The van der Waals surface area contributed by atoms with E-state index >= 15 is 0 Å².